The van der Waals surface area contributed by atoms with E-state index in [4.69, 9.17) is 0 Å². The summed E-state index contributed by atoms with van der Waals surface area (Å²) in [7, 11) is 0. The van der Waals surface area contributed by atoms with Gasteiger partial charge < -0.3 is 0 Å². The van der Waals surface area contributed by atoms with Gasteiger partial charge in [0.2, 0.25) is 0 Å². The van der Waals surface area contributed by atoms with E-state index in [1.54, 1.807) is 6.07 Å². The van der Waals surface area contributed by atoms with E-state index in [0.29, 0.717) is 30.5 Å². The molecule has 1 aromatic rings. The summed E-state index contributed by atoms with van der Waals surface area (Å²) in [5, 5.41) is 0. The summed E-state index contributed by atoms with van der Waals surface area (Å²) in [6, 6.07) is 3.75. The number of hydrogen-bond acceptors (Lipinski definition) is 2. The highest BCUT2D eigenvalue weighted by Crippen LogP contribution is 2.46. The number of thioether (sulfide) groups is 1. The van der Waals surface area contributed by atoms with E-state index in [9.17, 15) is 13.2 Å². The Balaban J connectivity index is 2.73. The summed E-state index contributed by atoms with van der Waals surface area (Å²) in [6.45, 7) is 7.73. The molecule has 0 atom stereocenters. The summed E-state index contributed by atoms with van der Waals surface area (Å²) in [5.74, 6) is 0. The molecular weight excluding hydrogens is 319 g/mol. The van der Waals surface area contributed by atoms with Gasteiger partial charge in [-0.3, -0.25) is 0 Å². The van der Waals surface area contributed by atoms with Crippen LogP contribution in [0.3, 0.4) is 0 Å². The predicted octanol–water partition coefficient (Wildman–Crippen LogP) is 6.90. The fraction of sp³-hybridized carbons (Fsp3) is 0.500. The maximum Gasteiger partial charge on any atom is 0.433 e. The van der Waals surface area contributed by atoms with Crippen molar-refractivity contribution in [3.8, 4) is 0 Å². The Morgan fingerprint density at radius 1 is 1.04 bits per heavy atom. The minimum absolute atomic E-state index is 0.375. The van der Waals surface area contributed by atoms with Crippen LogP contribution in [0.25, 0.3) is 0 Å². The predicted molar refractivity (Wildman–Crippen MR) is 91.8 cm³/mol. The average molecular weight is 341 g/mol. The molecule has 2 rings (SSSR count). The summed E-state index contributed by atoms with van der Waals surface area (Å²) >= 11 is 1.47. The van der Waals surface area contributed by atoms with Crippen LogP contribution in [-0.4, -0.2) is 11.9 Å². The van der Waals surface area contributed by atoms with E-state index in [2.05, 4.69) is 4.99 Å². The lowest BCUT2D eigenvalue weighted by Gasteiger charge is -2.16. The number of aryl methyl sites for hydroxylation is 2. The maximum atomic E-state index is 13.6. The average Bonchev–Trinajstić information content (AvgIpc) is 2.58. The Labute approximate surface area is 140 Å². The van der Waals surface area contributed by atoms with Crippen LogP contribution in [0.4, 0.5) is 18.9 Å². The van der Waals surface area contributed by atoms with E-state index in [0.717, 1.165) is 27.3 Å². The number of benzene rings is 1. The first-order valence-electron chi connectivity index (χ1n) is 7.95. The number of fused-ring (bicyclic) bond motifs is 1. The monoisotopic (exact) mass is 341 g/mol. The van der Waals surface area contributed by atoms with E-state index >= 15 is 0 Å². The molecule has 0 aromatic heterocycles. The quantitative estimate of drug-likeness (QED) is 0.580. The van der Waals surface area contributed by atoms with E-state index in [-0.39, 0.29) is 0 Å². The maximum absolute atomic E-state index is 13.6. The number of nitrogens with zero attached hydrogens (tertiary/aromatic N) is 1. The van der Waals surface area contributed by atoms with Gasteiger partial charge >= 0.3 is 6.18 Å². The number of rotatable bonds is 4. The van der Waals surface area contributed by atoms with Crippen molar-refractivity contribution < 1.29 is 13.2 Å². The van der Waals surface area contributed by atoms with Crippen molar-refractivity contribution in [2.45, 2.75) is 64.5 Å². The highest BCUT2D eigenvalue weighted by molar-refractivity contribution is 8.03. The first-order valence-corrected chi connectivity index (χ1v) is 8.76. The molecule has 126 valence electrons. The second-order valence-corrected chi connectivity index (χ2v) is 7.00. The number of aliphatic imine (C=N–C) groups is 1. The van der Waals surface area contributed by atoms with Crippen LogP contribution in [0, 0.1) is 13.8 Å². The number of allylic oxidation sites excluding steroid dienone is 2. The standard InChI is InChI=1S/C18H22F3NS/c1-5-7-13-15(8-6-2)23-16-12(4)9-11(3)10-14(16)22-17(13)18(19,20)21/h9-10H,5-8H2,1-4H3. The molecule has 0 saturated heterocycles. The fourth-order valence-electron chi connectivity index (χ4n) is 2.82. The van der Waals surface area contributed by atoms with Crippen LogP contribution in [0.1, 0.15) is 50.7 Å². The molecule has 5 heteroatoms. The van der Waals surface area contributed by atoms with Gasteiger partial charge in [0.15, 0.2) is 0 Å². The molecule has 1 aliphatic rings. The van der Waals surface area contributed by atoms with Crippen LogP contribution in [-0.2, 0) is 0 Å². The molecule has 0 saturated carbocycles. The topological polar surface area (TPSA) is 12.4 Å². The zero-order valence-corrected chi connectivity index (χ0v) is 14.8. The zero-order valence-electron chi connectivity index (χ0n) is 14.0. The smallest absolute Gasteiger partial charge is 0.242 e. The summed E-state index contributed by atoms with van der Waals surface area (Å²) < 4.78 is 40.9. The molecule has 0 spiro atoms. The Morgan fingerprint density at radius 2 is 1.70 bits per heavy atom. The molecule has 0 amide bonds. The minimum atomic E-state index is -4.43. The Morgan fingerprint density at radius 3 is 2.26 bits per heavy atom. The van der Waals surface area contributed by atoms with Crippen LogP contribution in [0.2, 0.25) is 0 Å². The van der Waals surface area contributed by atoms with Gasteiger partial charge in [0.05, 0.1) is 5.69 Å². The molecule has 1 heterocycles. The molecule has 1 aliphatic heterocycles. The lowest BCUT2D eigenvalue weighted by Crippen LogP contribution is -2.25. The summed E-state index contributed by atoms with van der Waals surface area (Å²) in [6.07, 6.45) is -1.87. The lowest BCUT2D eigenvalue weighted by atomic mass is 10.0. The molecule has 0 radical (unpaired) electrons. The molecule has 0 aliphatic carbocycles. The highest BCUT2D eigenvalue weighted by atomic mass is 32.2. The van der Waals surface area contributed by atoms with Gasteiger partial charge in [-0.2, -0.15) is 13.2 Å². The van der Waals surface area contributed by atoms with Crippen molar-refractivity contribution in [1.82, 2.24) is 0 Å². The Hall–Kier alpha value is -1.23. The number of hydrogen-bond donors (Lipinski definition) is 0. The Bertz CT molecular complexity index is 657. The first kappa shape index (κ1) is 18.1. The van der Waals surface area contributed by atoms with E-state index in [1.807, 2.05) is 33.8 Å². The van der Waals surface area contributed by atoms with Gasteiger partial charge in [-0.1, -0.05) is 44.5 Å². The molecule has 0 unspecified atom stereocenters. The van der Waals surface area contributed by atoms with Crippen molar-refractivity contribution in [3.05, 3.63) is 33.7 Å². The third kappa shape index (κ3) is 4.00. The Kier molecular flexibility index (Phi) is 5.61. The van der Waals surface area contributed by atoms with E-state index < -0.39 is 11.9 Å². The van der Waals surface area contributed by atoms with Crippen molar-refractivity contribution in [3.63, 3.8) is 0 Å². The third-order valence-corrected chi connectivity index (χ3v) is 5.16. The van der Waals surface area contributed by atoms with Gasteiger partial charge in [-0.25, -0.2) is 4.99 Å². The second-order valence-electron chi connectivity index (χ2n) is 5.89. The molecular formula is C18H22F3NS. The molecule has 0 fully saturated rings. The van der Waals surface area contributed by atoms with Crippen LogP contribution < -0.4 is 0 Å². The van der Waals surface area contributed by atoms with Gasteiger partial charge in [0, 0.05) is 4.90 Å². The summed E-state index contributed by atoms with van der Waals surface area (Å²) in [5.41, 5.74) is 2.03. The number of alkyl halides is 3. The van der Waals surface area contributed by atoms with Gasteiger partial charge in [-0.15, -0.1) is 0 Å². The molecule has 0 N–H and O–H groups in total. The molecule has 1 nitrogen and oxygen atoms in total. The van der Waals surface area contributed by atoms with Crippen molar-refractivity contribution in [1.29, 1.82) is 0 Å². The minimum Gasteiger partial charge on any atom is -0.242 e. The lowest BCUT2D eigenvalue weighted by molar-refractivity contribution is -0.0583. The van der Waals surface area contributed by atoms with Crippen LogP contribution >= 0.6 is 11.8 Å². The molecule has 23 heavy (non-hydrogen) atoms. The van der Waals surface area contributed by atoms with Crippen molar-refractivity contribution in [2.24, 2.45) is 4.99 Å². The largest absolute Gasteiger partial charge is 0.433 e. The zero-order chi connectivity index (χ0) is 17.2. The van der Waals surface area contributed by atoms with Gasteiger partial charge in [-0.05, 0) is 54.4 Å². The number of halogens is 3. The SMILES string of the molecule is CCCC1=C(CCC)C(C(F)(F)F)=Nc2cc(C)cc(C)c2S1. The van der Waals surface area contributed by atoms with Crippen LogP contribution in [0.5, 0.6) is 0 Å². The first-order chi connectivity index (χ1) is 10.8. The fourth-order valence-corrected chi connectivity index (χ4v) is 4.13. The highest BCUT2D eigenvalue weighted by Gasteiger charge is 2.40. The van der Waals surface area contributed by atoms with Crippen molar-refractivity contribution >= 4 is 23.2 Å². The molecule has 1 aromatic carbocycles. The molecule has 0 bridgehead atoms. The third-order valence-electron chi connectivity index (χ3n) is 3.72. The van der Waals surface area contributed by atoms with Crippen LogP contribution in [0.15, 0.2) is 32.5 Å². The van der Waals surface area contributed by atoms with Gasteiger partial charge in [0.1, 0.15) is 5.71 Å². The normalized spacial score (nSPS) is 15.3. The second kappa shape index (κ2) is 7.12. The van der Waals surface area contributed by atoms with Crippen molar-refractivity contribution in [2.75, 3.05) is 0 Å². The summed E-state index contributed by atoms with van der Waals surface area (Å²) in [4.78, 5) is 5.75. The van der Waals surface area contributed by atoms with E-state index in [1.165, 1.54) is 11.8 Å². The van der Waals surface area contributed by atoms with Gasteiger partial charge in [0.25, 0.3) is 0 Å².